The van der Waals surface area contributed by atoms with Crippen LogP contribution in [0.25, 0.3) is 0 Å². The first-order chi connectivity index (χ1) is 9.47. The molecule has 0 aliphatic carbocycles. The van der Waals surface area contributed by atoms with E-state index in [0.29, 0.717) is 5.56 Å². The molecule has 1 saturated heterocycles. The van der Waals surface area contributed by atoms with Crippen LogP contribution in [0.15, 0.2) is 18.2 Å². The Morgan fingerprint density at radius 1 is 1.35 bits per heavy atom. The summed E-state index contributed by atoms with van der Waals surface area (Å²) in [6, 6.07) is 4.72. The smallest absolute Gasteiger partial charge is 0.123 e. The Balaban J connectivity index is 2.07. The van der Waals surface area contributed by atoms with Crippen LogP contribution in [0.2, 0.25) is 0 Å². The third-order valence-corrected chi connectivity index (χ3v) is 4.02. The van der Waals surface area contributed by atoms with Gasteiger partial charge in [-0.2, -0.15) is 0 Å². The van der Waals surface area contributed by atoms with Crippen LogP contribution in [-0.4, -0.2) is 43.7 Å². The summed E-state index contributed by atoms with van der Waals surface area (Å²) < 4.78 is 13.3. The predicted molar refractivity (Wildman–Crippen MR) is 80.5 cm³/mol. The standard InChI is InChI=1S/C16H25FN2O/c1-12(20)15-10-14(17)4-5-16(15)19-8-6-13(7-9-19)11-18(2)3/h4-5,10,12-13,20H,6-9,11H2,1-3H3. The summed E-state index contributed by atoms with van der Waals surface area (Å²) in [5.74, 6) is 0.448. The Labute approximate surface area is 121 Å². The first-order valence-electron chi connectivity index (χ1n) is 7.34. The van der Waals surface area contributed by atoms with Gasteiger partial charge < -0.3 is 14.9 Å². The zero-order valence-corrected chi connectivity index (χ0v) is 12.6. The maximum Gasteiger partial charge on any atom is 0.123 e. The van der Waals surface area contributed by atoms with E-state index in [1.54, 1.807) is 13.0 Å². The second-order valence-corrected chi connectivity index (χ2v) is 6.07. The predicted octanol–water partition coefficient (Wildman–Crippen LogP) is 2.66. The molecule has 1 aliphatic heterocycles. The number of halogens is 1. The highest BCUT2D eigenvalue weighted by atomic mass is 19.1. The van der Waals surface area contributed by atoms with Crippen LogP contribution >= 0.6 is 0 Å². The average Bonchev–Trinajstić information content (AvgIpc) is 2.39. The number of rotatable bonds is 4. The van der Waals surface area contributed by atoms with E-state index in [2.05, 4.69) is 23.9 Å². The molecule has 1 fully saturated rings. The number of piperidine rings is 1. The summed E-state index contributed by atoms with van der Waals surface area (Å²) in [4.78, 5) is 4.51. The van der Waals surface area contributed by atoms with Crippen molar-refractivity contribution in [3.63, 3.8) is 0 Å². The minimum absolute atomic E-state index is 0.285. The van der Waals surface area contributed by atoms with E-state index in [1.165, 1.54) is 12.1 Å². The van der Waals surface area contributed by atoms with E-state index in [-0.39, 0.29) is 5.82 Å². The Morgan fingerprint density at radius 2 is 2.00 bits per heavy atom. The van der Waals surface area contributed by atoms with E-state index in [9.17, 15) is 9.50 Å². The van der Waals surface area contributed by atoms with E-state index < -0.39 is 6.10 Å². The maximum absolute atomic E-state index is 13.3. The van der Waals surface area contributed by atoms with Crippen molar-refractivity contribution in [1.82, 2.24) is 4.90 Å². The number of hydrogen-bond acceptors (Lipinski definition) is 3. The number of benzene rings is 1. The number of nitrogens with zero attached hydrogens (tertiary/aromatic N) is 2. The van der Waals surface area contributed by atoms with Crippen LogP contribution in [0.3, 0.4) is 0 Å². The summed E-state index contributed by atoms with van der Waals surface area (Å²) in [5, 5.41) is 9.83. The largest absolute Gasteiger partial charge is 0.389 e. The average molecular weight is 280 g/mol. The minimum Gasteiger partial charge on any atom is -0.389 e. The molecule has 0 spiro atoms. The van der Waals surface area contributed by atoms with Gasteiger partial charge in [0.1, 0.15) is 5.82 Å². The Morgan fingerprint density at radius 3 is 2.55 bits per heavy atom. The van der Waals surface area contributed by atoms with Gasteiger partial charge in [0, 0.05) is 30.9 Å². The van der Waals surface area contributed by atoms with Crippen molar-refractivity contribution in [3.8, 4) is 0 Å². The summed E-state index contributed by atoms with van der Waals surface area (Å²) in [5.41, 5.74) is 1.67. The fraction of sp³-hybridized carbons (Fsp3) is 0.625. The summed E-state index contributed by atoms with van der Waals surface area (Å²) >= 11 is 0. The van der Waals surface area contributed by atoms with E-state index in [4.69, 9.17) is 0 Å². The lowest BCUT2D eigenvalue weighted by molar-refractivity contribution is 0.199. The van der Waals surface area contributed by atoms with E-state index in [1.807, 2.05) is 0 Å². The van der Waals surface area contributed by atoms with Crippen molar-refractivity contribution in [2.24, 2.45) is 5.92 Å². The molecule has 1 N–H and O–H groups in total. The van der Waals surface area contributed by atoms with Crippen molar-refractivity contribution in [2.75, 3.05) is 38.6 Å². The zero-order valence-electron chi connectivity index (χ0n) is 12.6. The fourth-order valence-electron chi connectivity index (χ4n) is 3.02. The molecule has 4 heteroatoms. The minimum atomic E-state index is -0.639. The van der Waals surface area contributed by atoms with Crippen LogP contribution in [0.5, 0.6) is 0 Å². The van der Waals surface area contributed by atoms with Crippen molar-refractivity contribution >= 4 is 5.69 Å². The SMILES string of the molecule is CC(O)c1cc(F)ccc1N1CCC(CN(C)C)CC1. The van der Waals surface area contributed by atoms with Crippen molar-refractivity contribution in [2.45, 2.75) is 25.9 Å². The molecule has 3 nitrogen and oxygen atoms in total. The zero-order chi connectivity index (χ0) is 14.7. The van der Waals surface area contributed by atoms with Gasteiger partial charge >= 0.3 is 0 Å². The van der Waals surface area contributed by atoms with Gasteiger partial charge in [-0.3, -0.25) is 0 Å². The van der Waals surface area contributed by atoms with Crippen molar-refractivity contribution < 1.29 is 9.50 Å². The van der Waals surface area contributed by atoms with Crippen LogP contribution in [0.1, 0.15) is 31.4 Å². The number of aliphatic hydroxyl groups is 1. The second kappa shape index (κ2) is 6.55. The first-order valence-corrected chi connectivity index (χ1v) is 7.34. The van der Waals surface area contributed by atoms with Crippen LogP contribution in [-0.2, 0) is 0 Å². The quantitative estimate of drug-likeness (QED) is 0.918. The normalized spacial score (nSPS) is 18.6. The lowest BCUT2D eigenvalue weighted by atomic mass is 9.95. The number of aliphatic hydroxyl groups excluding tert-OH is 1. The Bertz CT molecular complexity index is 440. The summed E-state index contributed by atoms with van der Waals surface area (Å²) in [6.45, 7) is 4.77. The van der Waals surface area contributed by atoms with Crippen LogP contribution in [0, 0.1) is 11.7 Å². The lowest BCUT2D eigenvalue weighted by Gasteiger charge is -2.36. The van der Waals surface area contributed by atoms with Crippen molar-refractivity contribution in [3.05, 3.63) is 29.6 Å². The monoisotopic (exact) mass is 280 g/mol. The summed E-state index contributed by atoms with van der Waals surface area (Å²) in [7, 11) is 4.22. The van der Waals surface area contributed by atoms with Gasteiger partial charge in [0.2, 0.25) is 0 Å². The van der Waals surface area contributed by atoms with Gasteiger partial charge in [-0.25, -0.2) is 4.39 Å². The van der Waals surface area contributed by atoms with Gasteiger partial charge in [0.15, 0.2) is 0 Å². The lowest BCUT2D eigenvalue weighted by Crippen LogP contribution is -2.37. The molecule has 1 aliphatic rings. The molecule has 112 valence electrons. The molecule has 0 bridgehead atoms. The van der Waals surface area contributed by atoms with E-state index in [0.717, 1.165) is 44.1 Å². The molecule has 2 rings (SSSR count). The molecule has 1 atom stereocenters. The number of hydrogen-bond donors (Lipinski definition) is 1. The molecule has 1 heterocycles. The number of anilines is 1. The molecule has 0 amide bonds. The second-order valence-electron chi connectivity index (χ2n) is 6.07. The molecule has 1 aromatic rings. The van der Waals surface area contributed by atoms with Gasteiger partial charge in [0.05, 0.1) is 6.10 Å². The molecule has 0 aromatic heterocycles. The molecule has 0 radical (unpaired) electrons. The van der Waals surface area contributed by atoms with Crippen LogP contribution < -0.4 is 4.90 Å². The molecular weight excluding hydrogens is 255 g/mol. The van der Waals surface area contributed by atoms with Gasteiger partial charge in [-0.1, -0.05) is 0 Å². The Kier molecular flexibility index (Phi) is 5.00. The maximum atomic E-state index is 13.3. The first kappa shape index (κ1) is 15.3. The third kappa shape index (κ3) is 3.70. The Hall–Kier alpha value is -1.13. The topological polar surface area (TPSA) is 26.7 Å². The fourth-order valence-corrected chi connectivity index (χ4v) is 3.02. The highest BCUT2D eigenvalue weighted by molar-refractivity contribution is 5.55. The van der Waals surface area contributed by atoms with Crippen molar-refractivity contribution in [1.29, 1.82) is 0 Å². The van der Waals surface area contributed by atoms with Crippen LogP contribution in [0.4, 0.5) is 10.1 Å². The third-order valence-electron chi connectivity index (χ3n) is 4.02. The van der Waals surface area contributed by atoms with Gasteiger partial charge in [-0.15, -0.1) is 0 Å². The highest BCUT2D eigenvalue weighted by Gasteiger charge is 2.22. The highest BCUT2D eigenvalue weighted by Crippen LogP contribution is 2.30. The molecule has 0 saturated carbocycles. The molecule has 1 aromatic carbocycles. The van der Waals surface area contributed by atoms with Gasteiger partial charge in [0.25, 0.3) is 0 Å². The molecular formula is C16H25FN2O. The molecule has 20 heavy (non-hydrogen) atoms. The van der Waals surface area contributed by atoms with Gasteiger partial charge in [-0.05, 0) is 58.0 Å². The summed E-state index contributed by atoms with van der Waals surface area (Å²) in [6.07, 6.45) is 1.66. The van der Waals surface area contributed by atoms with E-state index >= 15 is 0 Å². The molecule has 1 unspecified atom stereocenters.